The highest BCUT2D eigenvalue weighted by Gasteiger charge is 2.06. The van der Waals surface area contributed by atoms with Gasteiger partial charge in [-0.05, 0) is 42.8 Å². The molecule has 0 bridgehead atoms. The number of hydrogen-bond acceptors (Lipinski definition) is 3. The van der Waals surface area contributed by atoms with E-state index in [0.717, 1.165) is 16.1 Å². The summed E-state index contributed by atoms with van der Waals surface area (Å²) < 4.78 is 0. The first kappa shape index (κ1) is 17.0. The Morgan fingerprint density at radius 3 is 2.64 bits per heavy atom. The number of hydrogen-bond donors (Lipinski definition) is 2. The van der Waals surface area contributed by atoms with Crippen LogP contribution in [0.5, 0.6) is 0 Å². The number of amides is 1. The third-order valence-electron chi connectivity index (χ3n) is 3.72. The zero-order valence-electron chi connectivity index (χ0n) is 13.8. The maximum absolute atomic E-state index is 12.2. The summed E-state index contributed by atoms with van der Waals surface area (Å²) in [5.41, 5.74) is 3.32. The van der Waals surface area contributed by atoms with E-state index in [-0.39, 0.29) is 5.91 Å². The second-order valence-corrected chi connectivity index (χ2v) is 6.11. The summed E-state index contributed by atoms with van der Waals surface area (Å²) in [5, 5.41) is 6.78. The van der Waals surface area contributed by atoms with Crippen LogP contribution in [0.15, 0.2) is 66.9 Å². The summed E-state index contributed by atoms with van der Waals surface area (Å²) >= 11 is 6.13. The molecule has 0 atom stereocenters. The van der Waals surface area contributed by atoms with Gasteiger partial charge in [-0.1, -0.05) is 47.5 Å². The number of aromatic nitrogens is 1. The fourth-order valence-corrected chi connectivity index (χ4v) is 2.59. The van der Waals surface area contributed by atoms with Gasteiger partial charge in [-0.2, -0.15) is 0 Å². The van der Waals surface area contributed by atoms with Crippen molar-refractivity contribution in [3.8, 4) is 0 Å². The van der Waals surface area contributed by atoms with E-state index in [0.29, 0.717) is 23.6 Å². The standard InChI is InChI=1S/C20H18ClN3O/c1-14-5-4-7-15(11-14)20(25)24-17-9-10-19(23-13-17)22-12-16-6-2-3-8-18(16)21/h2-11,13H,12H2,1H3,(H,22,23)(H,24,25). The minimum Gasteiger partial charge on any atom is -0.366 e. The van der Waals surface area contributed by atoms with Gasteiger partial charge in [0.05, 0.1) is 11.9 Å². The van der Waals surface area contributed by atoms with Crippen LogP contribution in [0.2, 0.25) is 5.02 Å². The highest BCUT2D eigenvalue weighted by molar-refractivity contribution is 6.31. The minimum absolute atomic E-state index is 0.151. The lowest BCUT2D eigenvalue weighted by Crippen LogP contribution is -2.12. The maximum atomic E-state index is 12.2. The second kappa shape index (κ2) is 7.81. The normalized spacial score (nSPS) is 10.3. The van der Waals surface area contributed by atoms with Crippen molar-refractivity contribution < 1.29 is 4.79 Å². The molecule has 3 aromatic rings. The average molecular weight is 352 g/mol. The van der Waals surface area contributed by atoms with Crippen LogP contribution in [0.25, 0.3) is 0 Å². The summed E-state index contributed by atoms with van der Waals surface area (Å²) in [6, 6.07) is 18.8. The Kier molecular flexibility index (Phi) is 5.31. The Morgan fingerprint density at radius 1 is 1.08 bits per heavy atom. The summed E-state index contributed by atoms with van der Waals surface area (Å²) in [4.78, 5) is 16.5. The second-order valence-electron chi connectivity index (χ2n) is 5.70. The van der Waals surface area contributed by atoms with Crippen molar-refractivity contribution in [1.82, 2.24) is 4.98 Å². The summed E-state index contributed by atoms with van der Waals surface area (Å²) in [5.74, 6) is 0.566. The Labute approximate surface area is 151 Å². The van der Waals surface area contributed by atoms with Crippen LogP contribution in [0.4, 0.5) is 11.5 Å². The van der Waals surface area contributed by atoms with Gasteiger partial charge in [-0.3, -0.25) is 4.79 Å². The van der Waals surface area contributed by atoms with E-state index in [4.69, 9.17) is 11.6 Å². The molecule has 0 aliphatic heterocycles. The van der Waals surface area contributed by atoms with Crippen LogP contribution < -0.4 is 10.6 Å². The molecule has 1 heterocycles. The van der Waals surface area contributed by atoms with E-state index in [1.54, 1.807) is 12.3 Å². The van der Waals surface area contributed by atoms with E-state index >= 15 is 0 Å². The first-order valence-corrected chi connectivity index (χ1v) is 8.31. The van der Waals surface area contributed by atoms with Crippen LogP contribution in [-0.4, -0.2) is 10.9 Å². The molecule has 1 amide bonds. The molecule has 0 radical (unpaired) electrons. The quantitative estimate of drug-likeness (QED) is 0.686. The number of carbonyl (C=O) groups excluding carboxylic acids is 1. The first-order valence-electron chi connectivity index (χ1n) is 7.93. The molecule has 25 heavy (non-hydrogen) atoms. The van der Waals surface area contributed by atoms with Crippen molar-refractivity contribution in [3.63, 3.8) is 0 Å². The molecule has 0 spiro atoms. The molecule has 3 rings (SSSR count). The van der Waals surface area contributed by atoms with Gasteiger partial charge in [0.15, 0.2) is 0 Å². The third kappa shape index (κ3) is 4.58. The summed E-state index contributed by atoms with van der Waals surface area (Å²) in [6.45, 7) is 2.54. The van der Waals surface area contributed by atoms with Gasteiger partial charge in [-0.25, -0.2) is 4.98 Å². The number of carbonyl (C=O) groups is 1. The number of halogens is 1. The predicted molar refractivity (Wildman–Crippen MR) is 102 cm³/mol. The molecule has 0 unspecified atom stereocenters. The molecular weight excluding hydrogens is 334 g/mol. The summed E-state index contributed by atoms with van der Waals surface area (Å²) in [7, 11) is 0. The van der Waals surface area contributed by atoms with Gasteiger partial charge in [-0.15, -0.1) is 0 Å². The maximum Gasteiger partial charge on any atom is 0.255 e. The Bertz CT molecular complexity index is 878. The number of benzene rings is 2. The number of pyridine rings is 1. The molecular formula is C20H18ClN3O. The van der Waals surface area contributed by atoms with Gasteiger partial charge in [0, 0.05) is 17.1 Å². The molecule has 1 aromatic heterocycles. The number of rotatable bonds is 5. The van der Waals surface area contributed by atoms with Crippen LogP contribution in [0.3, 0.4) is 0 Å². The first-order chi connectivity index (χ1) is 12.1. The molecule has 4 nitrogen and oxygen atoms in total. The zero-order chi connectivity index (χ0) is 17.6. The lowest BCUT2D eigenvalue weighted by molar-refractivity contribution is 0.102. The fourth-order valence-electron chi connectivity index (χ4n) is 2.39. The van der Waals surface area contributed by atoms with Crippen LogP contribution in [0, 0.1) is 6.92 Å². The smallest absolute Gasteiger partial charge is 0.255 e. The topological polar surface area (TPSA) is 54.0 Å². The van der Waals surface area contributed by atoms with Crippen molar-refractivity contribution in [3.05, 3.63) is 88.6 Å². The van der Waals surface area contributed by atoms with Crippen molar-refractivity contribution in [1.29, 1.82) is 0 Å². The number of nitrogens with one attached hydrogen (secondary N) is 2. The largest absolute Gasteiger partial charge is 0.366 e. The van der Waals surface area contributed by atoms with Gasteiger partial charge in [0.1, 0.15) is 5.82 Å². The molecule has 0 aliphatic carbocycles. The summed E-state index contributed by atoms with van der Waals surface area (Å²) in [6.07, 6.45) is 1.63. The van der Waals surface area contributed by atoms with Crippen molar-refractivity contribution >= 4 is 29.0 Å². The lowest BCUT2D eigenvalue weighted by Gasteiger charge is -2.09. The fraction of sp³-hybridized carbons (Fsp3) is 0.100. The molecule has 2 N–H and O–H groups in total. The molecule has 5 heteroatoms. The molecule has 126 valence electrons. The monoisotopic (exact) mass is 351 g/mol. The van der Waals surface area contributed by atoms with E-state index in [1.165, 1.54) is 0 Å². The molecule has 0 saturated heterocycles. The van der Waals surface area contributed by atoms with Gasteiger partial charge < -0.3 is 10.6 Å². The van der Waals surface area contributed by atoms with Gasteiger partial charge >= 0.3 is 0 Å². The number of anilines is 2. The van der Waals surface area contributed by atoms with Gasteiger partial charge in [0.2, 0.25) is 0 Å². The van der Waals surface area contributed by atoms with E-state index in [9.17, 15) is 4.79 Å². The zero-order valence-corrected chi connectivity index (χ0v) is 14.5. The minimum atomic E-state index is -0.151. The van der Waals surface area contributed by atoms with Crippen molar-refractivity contribution in [2.45, 2.75) is 13.5 Å². The highest BCUT2D eigenvalue weighted by Crippen LogP contribution is 2.17. The molecule has 0 fully saturated rings. The number of nitrogens with zero attached hydrogens (tertiary/aromatic N) is 1. The van der Waals surface area contributed by atoms with Crippen LogP contribution in [0.1, 0.15) is 21.5 Å². The van der Waals surface area contributed by atoms with E-state index in [1.807, 2.05) is 61.5 Å². The third-order valence-corrected chi connectivity index (χ3v) is 4.09. The van der Waals surface area contributed by atoms with Crippen LogP contribution >= 0.6 is 11.6 Å². The number of aryl methyl sites for hydroxylation is 1. The SMILES string of the molecule is Cc1cccc(C(=O)Nc2ccc(NCc3ccccc3Cl)nc2)c1. The molecule has 2 aromatic carbocycles. The van der Waals surface area contributed by atoms with E-state index in [2.05, 4.69) is 15.6 Å². The van der Waals surface area contributed by atoms with Crippen molar-refractivity contribution in [2.75, 3.05) is 10.6 Å². The Morgan fingerprint density at radius 2 is 1.92 bits per heavy atom. The van der Waals surface area contributed by atoms with E-state index < -0.39 is 0 Å². The Balaban J connectivity index is 1.60. The van der Waals surface area contributed by atoms with Crippen molar-refractivity contribution in [2.24, 2.45) is 0 Å². The lowest BCUT2D eigenvalue weighted by atomic mass is 10.1. The Hall–Kier alpha value is -2.85. The molecule has 0 saturated carbocycles. The van der Waals surface area contributed by atoms with Gasteiger partial charge in [0.25, 0.3) is 5.91 Å². The average Bonchev–Trinajstić information content (AvgIpc) is 2.62. The highest BCUT2D eigenvalue weighted by atomic mass is 35.5. The van der Waals surface area contributed by atoms with Crippen LogP contribution in [-0.2, 0) is 6.54 Å². The predicted octanol–water partition coefficient (Wildman–Crippen LogP) is 4.91. The molecule has 0 aliphatic rings.